The maximum absolute atomic E-state index is 11.5. The molecule has 1 aliphatic heterocycles. The van der Waals surface area contributed by atoms with Crippen LogP contribution in [0, 0.1) is 5.92 Å². The second-order valence-corrected chi connectivity index (χ2v) is 7.39. The highest BCUT2D eigenvalue weighted by Crippen LogP contribution is 2.25. The molecule has 24 heavy (non-hydrogen) atoms. The van der Waals surface area contributed by atoms with Crippen molar-refractivity contribution in [1.29, 1.82) is 0 Å². The number of carbonyl (C=O) groups is 1. The fourth-order valence-electron chi connectivity index (χ4n) is 3.91. The van der Waals surface area contributed by atoms with Gasteiger partial charge in [-0.1, -0.05) is 19.1 Å². The largest absolute Gasteiger partial charge is 0.490 e. The van der Waals surface area contributed by atoms with Gasteiger partial charge in [0.1, 0.15) is 5.75 Å². The van der Waals surface area contributed by atoms with Crippen LogP contribution in [0.5, 0.6) is 5.75 Å². The molecule has 4 heteroatoms. The van der Waals surface area contributed by atoms with Gasteiger partial charge in [-0.15, -0.1) is 0 Å². The summed E-state index contributed by atoms with van der Waals surface area (Å²) in [4.78, 5) is 13.5. The molecule has 1 saturated heterocycles. The molecule has 4 nitrogen and oxygen atoms in total. The lowest BCUT2D eigenvalue weighted by atomic mass is 9.93. The molecule has 2 aliphatic rings. The van der Waals surface area contributed by atoms with Crippen LogP contribution in [-0.2, 0) is 11.3 Å². The Labute approximate surface area is 145 Å². The van der Waals surface area contributed by atoms with Gasteiger partial charge in [-0.25, -0.2) is 0 Å². The molecule has 3 rings (SSSR count). The van der Waals surface area contributed by atoms with Crippen LogP contribution in [0.3, 0.4) is 0 Å². The van der Waals surface area contributed by atoms with Gasteiger partial charge < -0.3 is 15.0 Å². The predicted molar refractivity (Wildman–Crippen MR) is 96.0 cm³/mol. The number of amides is 1. The molecule has 1 saturated carbocycles. The van der Waals surface area contributed by atoms with E-state index in [-0.39, 0.29) is 5.91 Å². The van der Waals surface area contributed by atoms with Gasteiger partial charge in [0, 0.05) is 32.6 Å². The molecule has 1 N–H and O–H groups in total. The smallest absolute Gasteiger partial charge is 0.219 e. The highest BCUT2D eigenvalue weighted by molar-refractivity contribution is 5.73. The minimum absolute atomic E-state index is 0.192. The van der Waals surface area contributed by atoms with Crippen molar-refractivity contribution in [3.05, 3.63) is 29.8 Å². The molecule has 2 fully saturated rings. The fraction of sp³-hybridized carbons (Fsp3) is 0.650. The first-order chi connectivity index (χ1) is 11.6. The third kappa shape index (κ3) is 4.50. The van der Waals surface area contributed by atoms with Crippen molar-refractivity contribution < 1.29 is 9.53 Å². The molecule has 0 unspecified atom stereocenters. The minimum atomic E-state index is 0.192. The summed E-state index contributed by atoms with van der Waals surface area (Å²) in [7, 11) is 0. The zero-order valence-corrected chi connectivity index (χ0v) is 15.0. The number of nitrogens with one attached hydrogen (secondary N) is 1. The van der Waals surface area contributed by atoms with Gasteiger partial charge in [-0.3, -0.25) is 4.79 Å². The van der Waals surface area contributed by atoms with Gasteiger partial charge in [0.2, 0.25) is 5.91 Å². The van der Waals surface area contributed by atoms with Crippen LogP contribution in [0.2, 0.25) is 0 Å². The van der Waals surface area contributed by atoms with E-state index in [4.69, 9.17) is 4.74 Å². The molecular formula is C20H30N2O2. The minimum Gasteiger partial charge on any atom is -0.490 e. The Bertz CT molecular complexity index is 554. The van der Waals surface area contributed by atoms with Crippen LogP contribution >= 0.6 is 0 Å². The first-order valence-electron chi connectivity index (χ1n) is 9.36. The summed E-state index contributed by atoms with van der Waals surface area (Å²) in [5.41, 5.74) is 1.27. The maximum atomic E-state index is 11.5. The van der Waals surface area contributed by atoms with Crippen molar-refractivity contribution in [3.8, 4) is 5.75 Å². The van der Waals surface area contributed by atoms with E-state index < -0.39 is 0 Å². The summed E-state index contributed by atoms with van der Waals surface area (Å²) in [5.74, 6) is 1.68. The number of carbonyl (C=O) groups excluding carboxylic acids is 1. The quantitative estimate of drug-likeness (QED) is 0.900. The predicted octanol–water partition coefficient (Wildman–Crippen LogP) is 3.35. The van der Waals surface area contributed by atoms with E-state index in [1.807, 2.05) is 4.90 Å². The van der Waals surface area contributed by atoms with E-state index in [1.165, 1.54) is 31.2 Å². The van der Waals surface area contributed by atoms with Crippen molar-refractivity contribution >= 4 is 5.91 Å². The van der Waals surface area contributed by atoms with Gasteiger partial charge >= 0.3 is 0 Å². The van der Waals surface area contributed by atoms with E-state index in [0.717, 1.165) is 31.8 Å². The van der Waals surface area contributed by atoms with Crippen LogP contribution < -0.4 is 10.1 Å². The van der Waals surface area contributed by atoms with E-state index in [1.54, 1.807) is 6.92 Å². The molecule has 1 heterocycles. The lowest BCUT2D eigenvalue weighted by Gasteiger charge is -2.37. The summed E-state index contributed by atoms with van der Waals surface area (Å²) in [6.07, 6.45) is 6.40. The van der Waals surface area contributed by atoms with Crippen LogP contribution in [0.4, 0.5) is 0 Å². The van der Waals surface area contributed by atoms with Crippen LogP contribution in [-0.4, -0.2) is 36.0 Å². The second-order valence-electron chi connectivity index (χ2n) is 7.39. The van der Waals surface area contributed by atoms with Gasteiger partial charge in [0.25, 0.3) is 0 Å². The van der Waals surface area contributed by atoms with Crippen molar-refractivity contribution in [1.82, 2.24) is 10.2 Å². The zero-order chi connectivity index (χ0) is 16.9. The average Bonchev–Trinajstić information content (AvgIpc) is 3.07. The Balaban J connectivity index is 1.50. The summed E-state index contributed by atoms with van der Waals surface area (Å²) in [5, 5.41) is 3.67. The van der Waals surface area contributed by atoms with E-state index in [2.05, 4.69) is 36.5 Å². The van der Waals surface area contributed by atoms with E-state index in [0.29, 0.717) is 18.1 Å². The number of ether oxygens (including phenoxy) is 1. The third-order valence-corrected chi connectivity index (χ3v) is 5.42. The van der Waals surface area contributed by atoms with Gasteiger partial charge in [-0.05, 0) is 55.7 Å². The molecule has 0 radical (unpaired) electrons. The molecule has 0 spiro atoms. The summed E-state index contributed by atoms with van der Waals surface area (Å²) >= 11 is 0. The van der Waals surface area contributed by atoms with E-state index >= 15 is 0 Å². The Morgan fingerprint density at radius 3 is 2.79 bits per heavy atom. The number of hydrogen-bond donors (Lipinski definition) is 1. The molecular weight excluding hydrogens is 300 g/mol. The summed E-state index contributed by atoms with van der Waals surface area (Å²) < 4.78 is 6.10. The highest BCUT2D eigenvalue weighted by Gasteiger charge is 2.26. The Morgan fingerprint density at radius 2 is 2.08 bits per heavy atom. The standard InChI is InChI=1S/C20H30N2O2/c1-15-14-22(16(2)23)11-10-20(15)21-13-17-6-5-9-19(12-17)24-18-7-3-4-8-18/h5-6,9,12,15,18,20-21H,3-4,7-8,10-11,13-14H2,1-2H3/t15-,20-/m1/s1. The Hall–Kier alpha value is -1.55. The Morgan fingerprint density at radius 1 is 1.29 bits per heavy atom. The number of likely N-dealkylation sites (tertiary alicyclic amines) is 1. The zero-order valence-electron chi connectivity index (χ0n) is 15.0. The molecule has 1 aromatic carbocycles. The Kier molecular flexibility index (Phi) is 5.77. The SMILES string of the molecule is CC(=O)N1CC[C@@H](NCc2cccc(OC3CCCC3)c2)[C@H](C)C1. The molecule has 1 aliphatic carbocycles. The number of benzene rings is 1. The molecule has 132 valence electrons. The van der Waals surface area contributed by atoms with Crippen molar-refractivity contribution in [2.24, 2.45) is 5.92 Å². The molecule has 2 atom stereocenters. The van der Waals surface area contributed by atoms with Crippen molar-refractivity contribution in [2.75, 3.05) is 13.1 Å². The lowest BCUT2D eigenvalue weighted by molar-refractivity contribution is -0.130. The molecule has 1 aromatic rings. The number of piperidine rings is 1. The first-order valence-corrected chi connectivity index (χ1v) is 9.36. The normalized spacial score (nSPS) is 25.0. The topological polar surface area (TPSA) is 41.6 Å². The number of hydrogen-bond acceptors (Lipinski definition) is 3. The van der Waals surface area contributed by atoms with E-state index in [9.17, 15) is 4.79 Å². The van der Waals surface area contributed by atoms with Crippen molar-refractivity contribution in [2.45, 2.75) is 64.6 Å². The highest BCUT2D eigenvalue weighted by atomic mass is 16.5. The van der Waals surface area contributed by atoms with Gasteiger partial charge in [-0.2, -0.15) is 0 Å². The molecule has 1 amide bonds. The summed E-state index contributed by atoms with van der Waals surface area (Å²) in [6.45, 7) is 6.47. The van der Waals surface area contributed by atoms with Crippen LogP contribution in [0.1, 0.15) is 51.5 Å². The molecule has 0 bridgehead atoms. The van der Waals surface area contributed by atoms with Crippen LogP contribution in [0.15, 0.2) is 24.3 Å². The maximum Gasteiger partial charge on any atom is 0.219 e. The average molecular weight is 330 g/mol. The lowest BCUT2D eigenvalue weighted by Crippen LogP contribution is -2.49. The van der Waals surface area contributed by atoms with Crippen molar-refractivity contribution in [3.63, 3.8) is 0 Å². The third-order valence-electron chi connectivity index (χ3n) is 5.42. The van der Waals surface area contributed by atoms with Crippen LogP contribution in [0.25, 0.3) is 0 Å². The first kappa shape index (κ1) is 17.3. The summed E-state index contributed by atoms with van der Waals surface area (Å²) in [6, 6.07) is 8.95. The second kappa shape index (κ2) is 8.02. The van der Waals surface area contributed by atoms with Gasteiger partial charge in [0.05, 0.1) is 6.10 Å². The molecule has 0 aromatic heterocycles. The number of rotatable bonds is 5. The van der Waals surface area contributed by atoms with Gasteiger partial charge in [0.15, 0.2) is 0 Å². The number of nitrogens with zero attached hydrogens (tertiary/aromatic N) is 1. The monoisotopic (exact) mass is 330 g/mol. The fourth-order valence-corrected chi connectivity index (χ4v) is 3.91.